The summed E-state index contributed by atoms with van der Waals surface area (Å²) in [6.45, 7) is 7.91. The Bertz CT molecular complexity index is 1460. The second kappa shape index (κ2) is 11.6. The molecule has 1 aromatic carbocycles. The number of benzene rings is 1. The number of halogens is 1. The number of nitrogens with zero attached hydrogens (tertiary/aromatic N) is 6. The molecule has 1 atom stereocenters. The third-order valence-corrected chi connectivity index (χ3v) is 9.15. The second-order valence-corrected chi connectivity index (χ2v) is 11.9. The molecule has 3 aromatic rings. The molecular weight excluding hydrogens is 539 g/mol. The number of piperidine rings is 1. The number of fused-ring (bicyclic) bond motifs is 2. The number of ether oxygens (including phenoxy) is 1. The first-order valence-corrected chi connectivity index (χ1v) is 15.0. The SMILES string of the molecule is O=C(Nc1cc2c(cc1N1CCOCC1)C(=O)N(CC(F)C1CCN(CC3CNC3)CC1)C2)c1cnn2cccnc12. The van der Waals surface area contributed by atoms with Crippen molar-refractivity contribution in [1.82, 2.24) is 29.7 Å². The summed E-state index contributed by atoms with van der Waals surface area (Å²) in [5.74, 6) is 0.206. The molecule has 4 aliphatic heterocycles. The Morgan fingerprint density at radius 1 is 1.17 bits per heavy atom. The first-order valence-electron chi connectivity index (χ1n) is 15.0. The van der Waals surface area contributed by atoms with Crippen LogP contribution in [-0.2, 0) is 11.3 Å². The summed E-state index contributed by atoms with van der Waals surface area (Å²) in [6, 6.07) is 5.48. The quantitative estimate of drug-likeness (QED) is 0.420. The highest BCUT2D eigenvalue weighted by Crippen LogP contribution is 2.36. The fourth-order valence-electron chi connectivity index (χ4n) is 6.60. The number of alkyl halides is 1. The van der Waals surface area contributed by atoms with E-state index in [1.807, 2.05) is 12.1 Å². The van der Waals surface area contributed by atoms with Gasteiger partial charge in [-0.25, -0.2) is 13.9 Å². The maximum Gasteiger partial charge on any atom is 0.261 e. The van der Waals surface area contributed by atoms with Crippen LogP contribution in [0.15, 0.2) is 36.8 Å². The molecule has 7 rings (SSSR count). The highest BCUT2D eigenvalue weighted by molar-refractivity contribution is 6.10. The zero-order valence-corrected chi connectivity index (χ0v) is 23.7. The first-order chi connectivity index (χ1) is 20.5. The van der Waals surface area contributed by atoms with Gasteiger partial charge in [0.05, 0.1) is 37.3 Å². The molecule has 222 valence electrons. The van der Waals surface area contributed by atoms with Crippen LogP contribution >= 0.6 is 0 Å². The second-order valence-electron chi connectivity index (χ2n) is 11.9. The summed E-state index contributed by atoms with van der Waals surface area (Å²) < 4.78 is 22.7. The van der Waals surface area contributed by atoms with Crippen molar-refractivity contribution in [3.05, 3.63) is 53.5 Å². The Labute approximate surface area is 244 Å². The standard InChI is InChI=1S/C30H37FN8O3/c31-25(21-2-6-36(7-3-21)17-20-14-32-15-20)19-38-18-22-12-26(27(13-23(22)30(38)41)37-8-10-42-11-9-37)35-29(40)24-16-34-39-5-1-4-33-28(24)39/h1,4-5,12-13,16,20-21,25,32H,2-3,6-11,14-15,17-19H2,(H,35,40). The van der Waals surface area contributed by atoms with E-state index in [9.17, 15) is 9.59 Å². The van der Waals surface area contributed by atoms with E-state index in [4.69, 9.17) is 4.74 Å². The molecule has 6 heterocycles. The van der Waals surface area contributed by atoms with Gasteiger partial charge in [-0.05, 0) is 61.5 Å². The van der Waals surface area contributed by atoms with Crippen molar-refractivity contribution in [2.24, 2.45) is 11.8 Å². The lowest BCUT2D eigenvalue weighted by atomic mass is 9.90. The lowest BCUT2D eigenvalue weighted by molar-refractivity contribution is 0.0592. The van der Waals surface area contributed by atoms with Crippen LogP contribution < -0.4 is 15.5 Å². The molecule has 2 amide bonds. The van der Waals surface area contributed by atoms with Gasteiger partial charge in [0.25, 0.3) is 11.8 Å². The number of anilines is 2. The smallest absolute Gasteiger partial charge is 0.261 e. The van der Waals surface area contributed by atoms with Crippen LogP contribution in [0.1, 0.15) is 39.1 Å². The number of hydrogen-bond donors (Lipinski definition) is 2. The van der Waals surface area contributed by atoms with Crippen molar-refractivity contribution in [2.75, 3.05) is 75.8 Å². The maximum absolute atomic E-state index is 15.6. The number of carbonyl (C=O) groups is 2. The van der Waals surface area contributed by atoms with E-state index in [2.05, 4.69) is 30.5 Å². The van der Waals surface area contributed by atoms with Crippen molar-refractivity contribution < 1.29 is 18.7 Å². The van der Waals surface area contributed by atoms with E-state index in [-0.39, 0.29) is 24.3 Å². The van der Waals surface area contributed by atoms with Gasteiger partial charge in [0.15, 0.2) is 5.65 Å². The van der Waals surface area contributed by atoms with Crippen LogP contribution in [0.3, 0.4) is 0 Å². The number of amides is 2. The minimum atomic E-state index is -1.06. The molecule has 4 aliphatic rings. The Morgan fingerprint density at radius 2 is 1.98 bits per heavy atom. The fourth-order valence-corrected chi connectivity index (χ4v) is 6.60. The molecule has 0 radical (unpaired) electrons. The van der Waals surface area contributed by atoms with Crippen LogP contribution in [0.2, 0.25) is 0 Å². The minimum absolute atomic E-state index is 0.0319. The van der Waals surface area contributed by atoms with Crippen molar-refractivity contribution in [2.45, 2.75) is 25.6 Å². The van der Waals surface area contributed by atoms with Crippen molar-refractivity contribution in [3.8, 4) is 0 Å². The van der Waals surface area contributed by atoms with Crippen LogP contribution in [0.25, 0.3) is 5.65 Å². The number of hydrogen-bond acceptors (Lipinski definition) is 8. The van der Waals surface area contributed by atoms with Crippen LogP contribution in [-0.4, -0.2) is 108 Å². The molecule has 1 unspecified atom stereocenters. The Balaban J connectivity index is 1.07. The summed E-state index contributed by atoms with van der Waals surface area (Å²) in [7, 11) is 0. The van der Waals surface area contributed by atoms with Crippen molar-refractivity contribution in [1.29, 1.82) is 0 Å². The summed E-state index contributed by atoms with van der Waals surface area (Å²) in [6.07, 6.45) is 5.45. The predicted octanol–water partition coefficient (Wildman–Crippen LogP) is 2.04. The topological polar surface area (TPSA) is 107 Å². The van der Waals surface area contributed by atoms with Crippen LogP contribution in [0, 0.1) is 11.8 Å². The van der Waals surface area contributed by atoms with E-state index in [0.29, 0.717) is 55.3 Å². The van der Waals surface area contributed by atoms with Gasteiger partial charge < -0.3 is 30.1 Å². The van der Waals surface area contributed by atoms with Crippen LogP contribution in [0.5, 0.6) is 0 Å². The first kappa shape index (κ1) is 27.2. The van der Waals surface area contributed by atoms with Crippen molar-refractivity contribution in [3.63, 3.8) is 0 Å². The number of morpholine rings is 1. The average molecular weight is 577 g/mol. The van der Waals surface area contributed by atoms with E-state index in [0.717, 1.165) is 62.7 Å². The zero-order chi connectivity index (χ0) is 28.6. The van der Waals surface area contributed by atoms with E-state index in [1.165, 1.54) is 6.20 Å². The van der Waals surface area contributed by atoms with Gasteiger partial charge in [-0.15, -0.1) is 0 Å². The van der Waals surface area contributed by atoms with E-state index < -0.39 is 6.17 Å². The Hall–Kier alpha value is -3.61. The van der Waals surface area contributed by atoms with Gasteiger partial charge in [0, 0.05) is 57.2 Å². The fraction of sp³-hybridized carbons (Fsp3) is 0.533. The number of likely N-dealkylation sites (tertiary alicyclic amines) is 1. The van der Waals surface area contributed by atoms with Gasteiger partial charge in [-0.1, -0.05) is 0 Å². The highest BCUT2D eigenvalue weighted by atomic mass is 19.1. The molecule has 42 heavy (non-hydrogen) atoms. The number of aromatic nitrogens is 3. The monoisotopic (exact) mass is 576 g/mol. The number of rotatable bonds is 8. The van der Waals surface area contributed by atoms with Gasteiger partial charge in [-0.3, -0.25) is 9.59 Å². The highest BCUT2D eigenvalue weighted by Gasteiger charge is 2.35. The predicted molar refractivity (Wildman–Crippen MR) is 156 cm³/mol. The molecule has 0 bridgehead atoms. The summed E-state index contributed by atoms with van der Waals surface area (Å²) >= 11 is 0. The van der Waals surface area contributed by atoms with E-state index in [1.54, 1.807) is 27.9 Å². The van der Waals surface area contributed by atoms with Gasteiger partial charge in [-0.2, -0.15) is 5.10 Å². The lowest BCUT2D eigenvalue weighted by Crippen LogP contribution is -2.50. The largest absolute Gasteiger partial charge is 0.378 e. The molecule has 3 fully saturated rings. The Kier molecular flexibility index (Phi) is 7.51. The third-order valence-electron chi connectivity index (χ3n) is 9.15. The summed E-state index contributed by atoms with van der Waals surface area (Å²) in [4.78, 5) is 37.4. The average Bonchev–Trinajstić information content (AvgIpc) is 3.56. The third kappa shape index (κ3) is 5.34. The molecule has 0 aliphatic carbocycles. The number of nitrogens with one attached hydrogen (secondary N) is 2. The molecule has 0 saturated carbocycles. The normalized spacial score (nSPS) is 21.0. The summed E-state index contributed by atoms with van der Waals surface area (Å²) in [5.41, 5.74) is 3.56. The molecule has 2 N–H and O–H groups in total. The Morgan fingerprint density at radius 3 is 2.74 bits per heavy atom. The lowest BCUT2D eigenvalue weighted by Gasteiger charge is -2.38. The van der Waals surface area contributed by atoms with E-state index >= 15 is 4.39 Å². The number of carbonyl (C=O) groups excluding carboxylic acids is 2. The van der Waals surface area contributed by atoms with Gasteiger partial charge in [0.1, 0.15) is 11.7 Å². The minimum Gasteiger partial charge on any atom is -0.378 e. The zero-order valence-electron chi connectivity index (χ0n) is 23.7. The van der Waals surface area contributed by atoms with Gasteiger partial charge >= 0.3 is 0 Å². The molecular formula is C30H37FN8O3. The summed E-state index contributed by atoms with van der Waals surface area (Å²) in [5, 5.41) is 10.6. The molecule has 11 nitrogen and oxygen atoms in total. The van der Waals surface area contributed by atoms with Crippen LogP contribution in [0.4, 0.5) is 15.8 Å². The maximum atomic E-state index is 15.6. The molecule has 0 spiro atoms. The van der Waals surface area contributed by atoms with Crippen molar-refractivity contribution >= 4 is 28.8 Å². The molecule has 2 aromatic heterocycles. The molecule has 12 heteroatoms. The molecule has 3 saturated heterocycles. The van der Waals surface area contributed by atoms with Gasteiger partial charge in [0.2, 0.25) is 0 Å².